The molecule has 6 N–H and O–H groups in total. The third-order valence-electron chi connectivity index (χ3n) is 5.57. The van der Waals surface area contributed by atoms with Crippen molar-refractivity contribution in [1.29, 1.82) is 0 Å². The van der Waals surface area contributed by atoms with Crippen molar-refractivity contribution in [2.45, 2.75) is 38.9 Å². The van der Waals surface area contributed by atoms with Gasteiger partial charge in [-0.1, -0.05) is 20.8 Å². The smallest absolute Gasteiger partial charge is 0.250 e. The van der Waals surface area contributed by atoms with E-state index in [-0.39, 0.29) is 33.6 Å². The second-order valence-corrected chi connectivity index (χ2v) is 13.5. The summed E-state index contributed by atoms with van der Waals surface area (Å²) in [6, 6.07) is 3.37. The van der Waals surface area contributed by atoms with Crippen LogP contribution >= 0.6 is 0 Å². The fourth-order valence-corrected chi connectivity index (χ4v) is 3.76. The summed E-state index contributed by atoms with van der Waals surface area (Å²) in [5.41, 5.74) is -1.33. The van der Waals surface area contributed by atoms with Crippen molar-refractivity contribution in [2.24, 2.45) is 0 Å². The normalized spacial score (nSPS) is 12.3. The van der Waals surface area contributed by atoms with Gasteiger partial charge in [-0.05, 0) is 30.3 Å². The van der Waals surface area contributed by atoms with Gasteiger partial charge >= 0.3 is 0 Å². The van der Waals surface area contributed by atoms with Crippen molar-refractivity contribution in [2.75, 3.05) is 0 Å². The fourth-order valence-electron chi connectivity index (χ4n) is 2.73. The number of benzene rings is 2. The highest BCUT2D eigenvalue weighted by Gasteiger charge is 2.40. The molecule has 3 aromatic rings. The Morgan fingerprint density at radius 3 is 1.87 bits per heavy atom. The summed E-state index contributed by atoms with van der Waals surface area (Å²) in [4.78, 5) is 12.5. The van der Waals surface area contributed by atoms with Crippen molar-refractivity contribution in [3.05, 3.63) is 28.4 Å². The molecule has 0 amide bonds. The SMILES string of the molecule is CC(C)(C)[Si](C)(C)Oc1c(O)cc(-c2cc(=O)c3c(O)c(O)c(O)c(O)c3o2)cc1O. The van der Waals surface area contributed by atoms with Crippen LogP contribution in [0.4, 0.5) is 0 Å². The molecule has 1 aromatic heterocycles. The van der Waals surface area contributed by atoms with Crippen LogP contribution < -0.4 is 9.85 Å². The molecule has 0 bridgehead atoms. The van der Waals surface area contributed by atoms with Crippen molar-refractivity contribution < 1.29 is 39.5 Å². The van der Waals surface area contributed by atoms with Crippen LogP contribution in [-0.2, 0) is 0 Å². The van der Waals surface area contributed by atoms with E-state index in [1.807, 2.05) is 33.9 Å². The van der Waals surface area contributed by atoms with Crippen molar-refractivity contribution >= 4 is 19.3 Å². The monoisotopic (exact) mass is 448 g/mol. The van der Waals surface area contributed by atoms with Crippen LogP contribution in [0.25, 0.3) is 22.3 Å². The second-order valence-electron chi connectivity index (χ2n) is 8.78. The van der Waals surface area contributed by atoms with Crippen LogP contribution in [0.2, 0.25) is 18.1 Å². The summed E-state index contributed by atoms with van der Waals surface area (Å²) in [7, 11) is -2.38. The van der Waals surface area contributed by atoms with Gasteiger partial charge in [-0.25, -0.2) is 0 Å². The molecule has 0 saturated carbocycles. The van der Waals surface area contributed by atoms with Gasteiger partial charge in [-0.2, -0.15) is 0 Å². The topological polar surface area (TPSA) is 161 Å². The largest absolute Gasteiger partial charge is 0.539 e. The Labute approximate surface area is 178 Å². The lowest BCUT2D eigenvalue weighted by atomic mass is 10.1. The molecule has 0 aliphatic heterocycles. The van der Waals surface area contributed by atoms with Gasteiger partial charge in [0.05, 0.1) is 0 Å². The minimum Gasteiger partial charge on any atom is -0.539 e. The lowest BCUT2D eigenvalue weighted by Crippen LogP contribution is -2.43. The Bertz CT molecular complexity index is 1230. The first-order valence-corrected chi connectivity index (χ1v) is 12.3. The van der Waals surface area contributed by atoms with Gasteiger partial charge in [0.15, 0.2) is 34.0 Å². The molecule has 10 heteroatoms. The summed E-state index contributed by atoms with van der Waals surface area (Å²) in [6.45, 7) is 9.89. The number of rotatable bonds is 3. The number of hydrogen-bond donors (Lipinski definition) is 6. The highest BCUT2D eigenvalue weighted by Crippen LogP contribution is 2.49. The maximum Gasteiger partial charge on any atom is 0.250 e. The van der Waals surface area contributed by atoms with E-state index in [4.69, 9.17) is 8.84 Å². The highest BCUT2D eigenvalue weighted by molar-refractivity contribution is 6.74. The van der Waals surface area contributed by atoms with Crippen molar-refractivity contribution in [3.8, 4) is 51.6 Å². The molecule has 3 rings (SSSR count). The minimum absolute atomic E-state index is 0.0723. The van der Waals surface area contributed by atoms with E-state index >= 15 is 0 Å². The zero-order chi connectivity index (χ0) is 23.5. The lowest BCUT2D eigenvalue weighted by Gasteiger charge is -2.36. The Hall–Kier alpha value is -3.53. The van der Waals surface area contributed by atoms with Crippen LogP contribution in [0.5, 0.6) is 40.2 Å². The molecule has 9 nitrogen and oxygen atoms in total. The number of phenols is 6. The Kier molecular flexibility index (Phi) is 5.01. The van der Waals surface area contributed by atoms with Crippen LogP contribution in [0, 0.1) is 0 Å². The highest BCUT2D eigenvalue weighted by atomic mass is 28.4. The maximum absolute atomic E-state index is 12.5. The average Bonchev–Trinajstić information content (AvgIpc) is 2.65. The molecule has 0 aliphatic carbocycles. The third kappa shape index (κ3) is 3.59. The van der Waals surface area contributed by atoms with Gasteiger partial charge in [-0.3, -0.25) is 4.79 Å². The molecule has 0 fully saturated rings. The minimum atomic E-state index is -2.38. The van der Waals surface area contributed by atoms with Gasteiger partial charge < -0.3 is 39.5 Å². The van der Waals surface area contributed by atoms with Crippen LogP contribution in [0.15, 0.2) is 27.4 Å². The van der Waals surface area contributed by atoms with E-state index in [2.05, 4.69) is 0 Å². The Morgan fingerprint density at radius 2 is 1.35 bits per heavy atom. The number of aromatic hydroxyl groups is 6. The molecule has 2 aromatic carbocycles. The Balaban J connectivity index is 2.18. The van der Waals surface area contributed by atoms with Gasteiger partial charge in [0, 0.05) is 11.6 Å². The summed E-state index contributed by atoms with van der Waals surface area (Å²) in [5, 5.41) is 59.6. The van der Waals surface area contributed by atoms with Crippen molar-refractivity contribution in [3.63, 3.8) is 0 Å². The third-order valence-corrected chi connectivity index (χ3v) is 9.90. The van der Waals surface area contributed by atoms with Crippen molar-refractivity contribution in [1.82, 2.24) is 0 Å². The van der Waals surface area contributed by atoms with Crippen LogP contribution in [0.1, 0.15) is 20.8 Å². The summed E-state index contributed by atoms with van der Waals surface area (Å²) >= 11 is 0. The van der Waals surface area contributed by atoms with Crippen LogP contribution in [-0.4, -0.2) is 39.0 Å². The second kappa shape index (κ2) is 7.01. The molecular formula is C21H24O9Si. The molecule has 0 unspecified atom stereocenters. The molecular weight excluding hydrogens is 424 g/mol. The maximum atomic E-state index is 12.5. The van der Waals surface area contributed by atoms with Gasteiger partial charge in [-0.15, -0.1) is 0 Å². The van der Waals surface area contributed by atoms with E-state index in [1.54, 1.807) is 0 Å². The van der Waals surface area contributed by atoms with E-state index in [9.17, 15) is 35.4 Å². The number of phenolic OH excluding ortho intramolecular Hbond substituents is 6. The number of fused-ring (bicyclic) bond motifs is 1. The quantitative estimate of drug-likeness (QED) is 0.197. The average molecular weight is 449 g/mol. The zero-order valence-electron chi connectivity index (χ0n) is 17.6. The molecule has 0 saturated heterocycles. The van der Waals surface area contributed by atoms with Gasteiger partial charge in [0.25, 0.3) is 8.32 Å². The van der Waals surface area contributed by atoms with E-state index in [1.165, 1.54) is 12.1 Å². The molecule has 0 aliphatic rings. The summed E-state index contributed by atoms with van der Waals surface area (Å²) in [5.74, 6) is -5.07. The predicted octanol–water partition coefficient (Wildman–Crippen LogP) is 4.08. The first-order chi connectivity index (χ1) is 14.2. The lowest BCUT2D eigenvalue weighted by molar-refractivity contribution is 0.347. The Morgan fingerprint density at radius 1 is 0.839 bits per heavy atom. The van der Waals surface area contributed by atoms with Gasteiger partial charge in [0.2, 0.25) is 17.2 Å². The summed E-state index contributed by atoms with van der Waals surface area (Å²) < 4.78 is 11.4. The predicted molar refractivity (Wildman–Crippen MR) is 116 cm³/mol. The van der Waals surface area contributed by atoms with E-state index < -0.39 is 47.7 Å². The van der Waals surface area contributed by atoms with Crippen LogP contribution in [0.3, 0.4) is 0 Å². The zero-order valence-corrected chi connectivity index (χ0v) is 18.6. The molecule has 31 heavy (non-hydrogen) atoms. The summed E-state index contributed by atoms with van der Waals surface area (Å²) in [6.07, 6.45) is 0. The molecule has 0 atom stereocenters. The van der Waals surface area contributed by atoms with Gasteiger partial charge in [0.1, 0.15) is 11.1 Å². The number of hydrogen-bond acceptors (Lipinski definition) is 9. The van der Waals surface area contributed by atoms with E-state index in [0.717, 1.165) is 6.07 Å². The first kappa shape index (κ1) is 22.2. The first-order valence-electron chi connectivity index (χ1n) is 9.34. The molecule has 0 spiro atoms. The molecule has 0 radical (unpaired) electrons. The standard InChI is InChI=1S/C21H24O9Si/c1-21(2,3)31(4,5)30-19-11(23)6-9(7-12(19)24)13-8-10(22)14-15(25)16(26)17(27)18(28)20(14)29-13/h6-8,23-28H,1-5H3. The molecule has 1 heterocycles. The van der Waals surface area contributed by atoms with E-state index in [0.29, 0.717) is 0 Å². The fraction of sp³-hybridized carbons (Fsp3) is 0.286. The molecule has 166 valence electrons.